The van der Waals surface area contributed by atoms with E-state index in [1.54, 1.807) is 19.9 Å². The fraction of sp³-hybridized carbons (Fsp3) is 0.294. The van der Waals surface area contributed by atoms with Gasteiger partial charge in [-0.05, 0) is 31.5 Å². The molecule has 0 bridgehead atoms. The Labute approximate surface area is 138 Å². The maximum atomic E-state index is 13.6. The number of aromatic nitrogens is 2. The van der Waals surface area contributed by atoms with Crippen molar-refractivity contribution in [3.63, 3.8) is 0 Å². The zero-order chi connectivity index (χ0) is 17.7. The normalized spacial score (nSPS) is 11.0. The van der Waals surface area contributed by atoms with Crippen molar-refractivity contribution in [2.45, 2.75) is 13.8 Å². The van der Waals surface area contributed by atoms with Crippen molar-refractivity contribution in [2.24, 2.45) is 5.41 Å². The van der Waals surface area contributed by atoms with Crippen molar-refractivity contribution >= 4 is 12.3 Å². The van der Waals surface area contributed by atoms with E-state index in [-0.39, 0.29) is 18.2 Å². The molecule has 0 N–H and O–H groups in total. The van der Waals surface area contributed by atoms with E-state index in [0.29, 0.717) is 17.4 Å². The van der Waals surface area contributed by atoms with Crippen LogP contribution in [0.1, 0.15) is 24.2 Å². The van der Waals surface area contributed by atoms with Gasteiger partial charge in [0.2, 0.25) is 0 Å². The lowest BCUT2D eigenvalue weighted by molar-refractivity contribution is -0.152. The maximum Gasteiger partial charge on any atom is 0.316 e. The van der Waals surface area contributed by atoms with Crippen LogP contribution >= 0.6 is 0 Å². The Morgan fingerprint density at radius 1 is 1.25 bits per heavy atom. The van der Waals surface area contributed by atoms with Gasteiger partial charge in [-0.2, -0.15) is 0 Å². The predicted molar refractivity (Wildman–Crippen MR) is 84.1 cm³/mol. The molecule has 24 heavy (non-hydrogen) atoms. The SMILES string of the molecule is COC(=O)C(C)(C)COc1ncc(-c2ccc(C=O)c(F)c2)cn1. The van der Waals surface area contributed by atoms with Crippen LogP contribution < -0.4 is 4.74 Å². The fourth-order valence-electron chi connectivity index (χ4n) is 1.92. The summed E-state index contributed by atoms with van der Waals surface area (Å²) in [6.45, 7) is 3.43. The van der Waals surface area contributed by atoms with Gasteiger partial charge in [0, 0.05) is 18.0 Å². The summed E-state index contributed by atoms with van der Waals surface area (Å²) < 4.78 is 23.7. The highest BCUT2D eigenvalue weighted by Gasteiger charge is 2.30. The Kier molecular flexibility index (Phi) is 5.23. The number of esters is 1. The number of benzene rings is 1. The molecule has 0 fully saturated rings. The zero-order valence-electron chi connectivity index (χ0n) is 13.6. The minimum atomic E-state index is -0.829. The van der Waals surface area contributed by atoms with E-state index in [2.05, 4.69) is 9.97 Å². The molecule has 0 aliphatic rings. The van der Waals surface area contributed by atoms with Gasteiger partial charge in [-0.3, -0.25) is 9.59 Å². The van der Waals surface area contributed by atoms with Crippen LogP contribution in [-0.4, -0.2) is 35.9 Å². The van der Waals surface area contributed by atoms with E-state index in [1.165, 1.54) is 31.6 Å². The number of hydrogen-bond donors (Lipinski definition) is 0. The molecule has 0 radical (unpaired) electrons. The molecule has 126 valence electrons. The monoisotopic (exact) mass is 332 g/mol. The molecule has 1 aromatic heterocycles. The van der Waals surface area contributed by atoms with Crippen molar-refractivity contribution in [1.29, 1.82) is 0 Å². The van der Waals surface area contributed by atoms with E-state index < -0.39 is 17.2 Å². The topological polar surface area (TPSA) is 78.4 Å². The summed E-state index contributed by atoms with van der Waals surface area (Å²) in [4.78, 5) is 30.3. The molecule has 0 aliphatic carbocycles. The second kappa shape index (κ2) is 7.16. The van der Waals surface area contributed by atoms with E-state index >= 15 is 0 Å². The van der Waals surface area contributed by atoms with Crippen molar-refractivity contribution in [3.8, 4) is 17.1 Å². The summed E-state index contributed by atoms with van der Waals surface area (Å²) in [6.07, 6.45) is 3.40. The predicted octanol–water partition coefficient (Wildman–Crippen LogP) is 2.67. The minimum absolute atomic E-state index is 0.00957. The summed E-state index contributed by atoms with van der Waals surface area (Å²) in [5.74, 6) is -1.01. The fourth-order valence-corrected chi connectivity index (χ4v) is 1.92. The van der Waals surface area contributed by atoms with Crippen LogP contribution in [0.25, 0.3) is 11.1 Å². The molecular formula is C17H17FN2O4. The summed E-state index contributed by atoms with van der Waals surface area (Å²) in [5.41, 5.74) is 0.278. The van der Waals surface area contributed by atoms with Crippen molar-refractivity contribution in [1.82, 2.24) is 9.97 Å². The van der Waals surface area contributed by atoms with Crippen LogP contribution in [0.5, 0.6) is 6.01 Å². The van der Waals surface area contributed by atoms with Crippen molar-refractivity contribution in [3.05, 3.63) is 42.0 Å². The molecule has 0 saturated carbocycles. The molecule has 0 unspecified atom stereocenters. The highest BCUT2D eigenvalue weighted by Crippen LogP contribution is 2.22. The Morgan fingerprint density at radius 3 is 2.46 bits per heavy atom. The summed E-state index contributed by atoms with van der Waals surface area (Å²) in [7, 11) is 1.31. The Hall–Kier alpha value is -2.83. The largest absolute Gasteiger partial charge is 0.469 e. The Bertz CT molecular complexity index is 745. The molecule has 0 saturated heterocycles. The maximum absolute atomic E-state index is 13.6. The molecule has 6 nitrogen and oxygen atoms in total. The van der Waals surface area contributed by atoms with Gasteiger partial charge < -0.3 is 9.47 Å². The van der Waals surface area contributed by atoms with Crippen LogP contribution in [0.4, 0.5) is 4.39 Å². The van der Waals surface area contributed by atoms with Gasteiger partial charge in [-0.1, -0.05) is 6.07 Å². The Morgan fingerprint density at radius 2 is 1.92 bits per heavy atom. The molecular weight excluding hydrogens is 315 g/mol. The number of nitrogens with zero attached hydrogens (tertiary/aromatic N) is 2. The van der Waals surface area contributed by atoms with Gasteiger partial charge in [0.1, 0.15) is 12.4 Å². The van der Waals surface area contributed by atoms with Gasteiger partial charge in [0.15, 0.2) is 6.29 Å². The number of carbonyl (C=O) groups is 2. The molecule has 2 rings (SSSR count). The second-order valence-corrected chi connectivity index (χ2v) is 5.77. The first-order chi connectivity index (χ1) is 11.4. The van der Waals surface area contributed by atoms with Crippen molar-refractivity contribution < 1.29 is 23.5 Å². The van der Waals surface area contributed by atoms with E-state index in [9.17, 15) is 14.0 Å². The molecule has 0 aliphatic heterocycles. The average molecular weight is 332 g/mol. The first-order valence-corrected chi connectivity index (χ1v) is 7.16. The highest BCUT2D eigenvalue weighted by molar-refractivity contribution is 5.77. The van der Waals surface area contributed by atoms with Gasteiger partial charge in [-0.25, -0.2) is 14.4 Å². The van der Waals surface area contributed by atoms with Crippen LogP contribution in [-0.2, 0) is 9.53 Å². The van der Waals surface area contributed by atoms with Crippen LogP contribution in [0.15, 0.2) is 30.6 Å². The van der Waals surface area contributed by atoms with Gasteiger partial charge in [0.25, 0.3) is 0 Å². The lowest BCUT2D eigenvalue weighted by atomic mass is 9.95. The third kappa shape index (κ3) is 3.92. The number of carbonyl (C=O) groups excluding carboxylic acids is 2. The van der Waals surface area contributed by atoms with Crippen LogP contribution in [0.2, 0.25) is 0 Å². The number of methoxy groups -OCH3 is 1. The number of aldehydes is 1. The first kappa shape index (κ1) is 17.5. The third-order valence-corrected chi connectivity index (χ3v) is 3.39. The lowest BCUT2D eigenvalue weighted by Gasteiger charge is -2.20. The summed E-state index contributed by atoms with van der Waals surface area (Å²) in [6, 6.07) is 4.33. The van der Waals surface area contributed by atoms with E-state index in [1.807, 2.05) is 0 Å². The second-order valence-electron chi connectivity index (χ2n) is 5.77. The number of hydrogen-bond acceptors (Lipinski definition) is 6. The number of ether oxygens (including phenoxy) is 2. The van der Waals surface area contributed by atoms with Crippen molar-refractivity contribution in [2.75, 3.05) is 13.7 Å². The lowest BCUT2D eigenvalue weighted by Crippen LogP contribution is -2.32. The van der Waals surface area contributed by atoms with Gasteiger partial charge in [-0.15, -0.1) is 0 Å². The van der Waals surface area contributed by atoms with E-state index in [4.69, 9.17) is 9.47 Å². The summed E-state index contributed by atoms with van der Waals surface area (Å²) in [5, 5.41) is 0. The van der Waals surface area contributed by atoms with Crippen LogP contribution in [0.3, 0.4) is 0 Å². The average Bonchev–Trinajstić information content (AvgIpc) is 2.59. The smallest absolute Gasteiger partial charge is 0.316 e. The highest BCUT2D eigenvalue weighted by atomic mass is 19.1. The molecule has 7 heteroatoms. The number of rotatable bonds is 6. The molecule has 0 amide bonds. The molecule has 0 atom stereocenters. The van der Waals surface area contributed by atoms with Gasteiger partial charge >= 0.3 is 12.0 Å². The first-order valence-electron chi connectivity index (χ1n) is 7.16. The van der Waals surface area contributed by atoms with Crippen LogP contribution in [0, 0.1) is 11.2 Å². The molecule has 2 aromatic rings. The molecule has 1 aromatic carbocycles. The standard InChI is InChI=1S/C17H17FN2O4/c1-17(2,15(22)23-3)10-24-16-19-7-13(8-20-16)11-4-5-12(9-21)14(18)6-11/h4-9H,10H2,1-3H3. The number of halogens is 1. The summed E-state index contributed by atoms with van der Waals surface area (Å²) >= 11 is 0. The molecule has 0 spiro atoms. The van der Waals surface area contributed by atoms with E-state index in [0.717, 1.165) is 0 Å². The third-order valence-electron chi connectivity index (χ3n) is 3.39. The quantitative estimate of drug-likeness (QED) is 0.598. The minimum Gasteiger partial charge on any atom is -0.469 e. The zero-order valence-corrected chi connectivity index (χ0v) is 13.6. The van der Waals surface area contributed by atoms with Gasteiger partial charge in [0.05, 0.1) is 18.1 Å². The Balaban J connectivity index is 2.09. The molecule has 1 heterocycles.